The molecule has 1 aromatic rings. The Bertz CT molecular complexity index is 413. The molecule has 0 radical (unpaired) electrons. The summed E-state index contributed by atoms with van der Waals surface area (Å²) in [4.78, 5) is 11.9. The molecular formula is C14H20F2N2O. The number of hydrogen-bond acceptors (Lipinski definition) is 2. The molecule has 1 rings (SSSR count). The second-order valence-corrected chi connectivity index (χ2v) is 4.48. The zero-order valence-electron chi connectivity index (χ0n) is 11.5. The van der Waals surface area contributed by atoms with Crippen molar-refractivity contribution in [2.75, 3.05) is 5.32 Å². The number of amides is 1. The second kappa shape index (κ2) is 7.07. The van der Waals surface area contributed by atoms with E-state index in [2.05, 4.69) is 10.6 Å². The van der Waals surface area contributed by atoms with Gasteiger partial charge in [-0.2, -0.15) is 0 Å². The first-order valence-electron chi connectivity index (χ1n) is 6.50. The number of nitrogens with one attached hydrogen (secondary N) is 2. The summed E-state index contributed by atoms with van der Waals surface area (Å²) < 4.78 is 26.9. The number of para-hydroxylation sites is 1. The van der Waals surface area contributed by atoms with Crippen molar-refractivity contribution >= 4 is 11.6 Å². The molecule has 5 heteroatoms. The maximum absolute atomic E-state index is 13.4. The summed E-state index contributed by atoms with van der Waals surface area (Å²) in [6.07, 6.45) is 1.64. The van der Waals surface area contributed by atoms with Crippen LogP contribution in [-0.2, 0) is 4.79 Å². The van der Waals surface area contributed by atoms with E-state index < -0.39 is 17.7 Å². The van der Waals surface area contributed by atoms with Gasteiger partial charge in [0.1, 0.15) is 23.4 Å². The number of halogens is 2. The molecule has 0 aliphatic carbocycles. The molecule has 0 saturated carbocycles. The fourth-order valence-electron chi connectivity index (χ4n) is 1.74. The Morgan fingerprint density at radius 1 is 1.21 bits per heavy atom. The van der Waals surface area contributed by atoms with Gasteiger partial charge in [-0.3, -0.25) is 4.79 Å². The van der Waals surface area contributed by atoms with Crippen molar-refractivity contribution in [2.24, 2.45) is 0 Å². The third-order valence-electron chi connectivity index (χ3n) is 3.05. The Morgan fingerprint density at radius 3 is 2.21 bits per heavy atom. The molecule has 0 bridgehead atoms. The Labute approximate surface area is 112 Å². The molecule has 1 unspecified atom stereocenters. The lowest BCUT2D eigenvalue weighted by molar-refractivity contribution is -0.122. The van der Waals surface area contributed by atoms with Crippen LogP contribution in [0, 0.1) is 11.6 Å². The lowest BCUT2D eigenvalue weighted by Crippen LogP contribution is -2.43. The van der Waals surface area contributed by atoms with Crippen LogP contribution in [0.3, 0.4) is 0 Å². The summed E-state index contributed by atoms with van der Waals surface area (Å²) in [6, 6.07) is 2.97. The molecule has 0 spiro atoms. The van der Waals surface area contributed by atoms with Crippen molar-refractivity contribution < 1.29 is 13.6 Å². The molecule has 106 valence electrons. The maximum atomic E-state index is 13.4. The minimum Gasteiger partial charge on any atom is -0.369 e. The van der Waals surface area contributed by atoms with Crippen LogP contribution in [0.15, 0.2) is 18.2 Å². The molecule has 2 N–H and O–H groups in total. The van der Waals surface area contributed by atoms with Crippen LogP contribution >= 0.6 is 0 Å². The molecular weight excluding hydrogens is 250 g/mol. The molecule has 0 aromatic heterocycles. The molecule has 19 heavy (non-hydrogen) atoms. The molecule has 0 saturated heterocycles. The molecule has 0 aliphatic rings. The van der Waals surface area contributed by atoms with E-state index in [1.807, 2.05) is 13.8 Å². The minimum absolute atomic E-state index is 0.0854. The Balaban J connectivity index is 2.69. The van der Waals surface area contributed by atoms with Crippen molar-refractivity contribution in [3.63, 3.8) is 0 Å². The number of benzene rings is 1. The Morgan fingerprint density at radius 2 is 1.74 bits per heavy atom. The SMILES string of the molecule is CCC(CC)NC(=O)C(C)Nc1c(F)cccc1F. The van der Waals surface area contributed by atoms with E-state index in [1.165, 1.54) is 6.07 Å². The van der Waals surface area contributed by atoms with Gasteiger partial charge in [0, 0.05) is 6.04 Å². The number of carbonyl (C=O) groups excluding carboxylic acids is 1. The first-order chi connectivity index (χ1) is 8.99. The van der Waals surface area contributed by atoms with Crippen LogP contribution < -0.4 is 10.6 Å². The van der Waals surface area contributed by atoms with Crippen LogP contribution in [0.4, 0.5) is 14.5 Å². The van der Waals surface area contributed by atoms with Crippen LogP contribution in [0.5, 0.6) is 0 Å². The third kappa shape index (κ3) is 4.19. The predicted molar refractivity (Wildman–Crippen MR) is 72.0 cm³/mol. The van der Waals surface area contributed by atoms with Crippen molar-refractivity contribution in [3.05, 3.63) is 29.8 Å². The first-order valence-corrected chi connectivity index (χ1v) is 6.50. The van der Waals surface area contributed by atoms with Gasteiger partial charge in [-0.05, 0) is 31.9 Å². The van der Waals surface area contributed by atoms with Gasteiger partial charge in [0.2, 0.25) is 5.91 Å². The maximum Gasteiger partial charge on any atom is 0.242 e. The average molecular weight is 270 g/mol. The summed E-state index contributed by atoms with van der Waals surface area (Å²) >= 11 is 0. The van der Waals surface area contributed by atoms with Crippen molar-refractivity contribution in [3.8, 4) is 0 Å². The minimum atomic E-state index is -0.706. The fraction of sp³-hybridized carbons (Fsp3) is 0.500. The quantitative estimate of drug-likeness (QED) is 0.834. The lowest BCUT2D eigenvalue weighted by atomic mass is 10.1. The smallest absolute Gasteiger partial charge is 0.242 e. The van der Waals surface area contributed by atoms with Crippen LogP contribution in [0.25, 0.3) is 0 Å². The van der Waals surface area contributed by atoms with Gasteiger partial charge >= 0.3 is 0 Å². The van der Waals surface area contributed by atoms with Gasteiger partial charge < -0.3 is 10.6 Å². The van der Waals surface area contributed by atoms with Crippen molar-refractivity contribution in [2.45, 2.75) is 45.7 Å². The zero-order chi connectivity index (χ0) is 14.4. The third-order valence-corrected chi connectivity index (χ3v) is 3.05. The first kappa shape index (κ1) is 15.4. The monoisotopic (exact) mass is 270 g/mol. The number of anilines is 1. The standard InChI is InChI=1S/C14H20F2N2O/c1-4-10(5-2)18-14(19)9(3)17-13-11(15)7-6-8-12(13)16/h6-10,17H,4-5H2,1-3H3,(H,18,19). The highest BCUT2D eigenvalue weighted by atomic mass is 19.1. The summed E-state index contributed by atoms with van der Waals surface area (Å²) in [5.74, 6) is -1.68. The zero-order valence-corrected chi connectivity index (χ0v) is 11.5. The van der Waals surface area contributed by atoms with Gasteiger partial charge in [0.05, 0.1) is 0 Å². The van der Waals surface area contributed by atoms with E-state index in [0.717, 1.165) is 25.0 Å². The van der Waals surface area contributed by atoms with Gasteiger partial charge in [0.15, 0.2) is 0 Å². The van der Waals surface area contributed by atoms with Crippen LogP contribution in [0.2, 0.25) is 0 Å². The van der Waals surface area contributed by atoms with E-state index >= 15 is 0 Å². The van der Waals surface area contributed by atoms with E-state index in [-0.39, 0.29) is 17.6 Å². The van der Waals surface area contributed by atoms with Gasteiger partial charge in [0.25, 0.3) is 0 Å². The number of carbonyl (C=O) groups is 1. The molecule has 0 heterocycles. The number of rotatable bonds is 6. The molecule has 1 atom stereocenters. The Hall–Kier alpha value is -1.65. The summed E-state index contributed by atoms with van der Waals surface area (Å²) in [5, 5.41) is 5.40. The Kier molecular flexibility index (Phi) is 5.73. The van der Waals surface area contributed by atoms with E-state index in [9.17, 15) is 13.6 Å². The normalized spacial score (nSPS) is 12.3. The molecule has 1 amide bonds. The van der Waals surface area contributed by atoms with Gasteiger partial charge in [-0.25, -0.2) is 8.78 Å². The molecule has 0 aliphatic heterocycles. The van der Waals surface area contributed by atoms with Gasteiger partial charge in [-0.15, -0.1) is 0 Å². The van der Waals surface area contributed by atoms with Gasteiger partial charge in [-0.1, -0.05) is 19.9 Å². The van der Waals surface area contributed by atoms with Crippen molar-refractivity contribution in [1.82, 2.24) is 5.32 Å². The van der Waals surface area contributed by atoms with E-state index in [4.69, 9.17) is 0 Å². The fourth-order valence-corrected chi connectivity index (χ4v) is 1.74. The van der Waals surface area contributed by atoms with Crippen LogP contribution in [0.1, 0.15) is 33.6 Å². The average Bonchev–Trinajstić information content (AvgIpc) is 2.39. The second-order valence-electron chi connectivity index (χ2n) is 4.48. The predicted octanol–water partition coefficient (Wildman–Crippen LogP) is 3.07. The van der Waals surface area contributed by atoms with E-state index in [0.29, 0.717) is 0 Å². The molecule has 3 nitrogen and oxygen atoms in total. The van der Waals surface area contributed by atoms with Crippen molar-refractivity contribution in [1.29, 1.82) is 0 Å². The molecule has 0 fully saturated rings. The highest BCUT2D eigenvalue weighted by Crippen LogP contribution is 2.18. The summed E-state index contributed by atoms with van der Waals surface area (Å²) in [7, 11) is 0. The molecule has 1 aromatic carbocycles. The topological polar surface area (TPSA) is 41.1 Å². The number of hydrogen-bond donors (Lipinski definition) is 2. The van der Waals surface area contributed by atoms with E-state index in [1.54, 1.807) is 6.92 Å². The summed E-state index contributed by atoms with van der Waals surface area (Å²) in [5.41, 5.74) is -0.269. The largest absolute Gasteiger partial charge is 0.369 e. The summed E-state index contributed by atoms with van der Waals surface area (Å²) in [6.45, 7) is 5.52. The van der Waals surface area contributed by atoms with Crippen LogP contribution in [-0.4, -0.2) is 18.0 Å². The highest BCUT2D eigenvalue weighted by Gasteiger charge is 2.18. The lowest BCUT2D eigenvalue weighted by Gasteiger charge is -2.20. The highest BCUT2D eigenvalue weighted by molar-refractivity contribution is 5.84.